The molecule has 0 saturated carbocycles. The van der Waals surface area contributed by atoms with Gasteiger partial charge in [0.25, 0.3) is 5.56 Å². The number of aryl methyl sites for hydroxylation is 5. The predicted octanol–water partition coefficient (Wildman–Crippen LogP) is 5.17. The van der Waals surface area contributed by atoms with E-state index in [1.165, 1.54) is 4.57 Å². The van der Waals surface area contributed by atoms with Gasteiger partial charge in [-0.1, -0.05) is 47.0 Å². The molecule has 0 bridgehead atoms. The van der Waals surface area contributed by atoms with Crippen LogP contribution in [-0.4, -0.2) is 19.6 Å². The number of aromatic nitrogens is 3. The molecule has 1 amide bonds. The number of amides is 1. The van der Waals surface area contributed by atoms with Gasteiger partial charge in [0.1, 0.15) is 12.1 Å². The van der Waals surface area contributed by atoms with Crippen LogP contribution in [0.2, 0.25) is 5.02 Å². The Morgan fingerprint density at radius 1 is 0.892 bits per heavy atom. The Morgan fingerprint density at radius 3 is 2.27 bits per heavy atom. The molecule has 0 aliphatic carbocycles. The quantitative estimate of drug-likeness (QED) is 0.359. The van der Waals surface area contributed by atoms with E-state index in [2.05, 4.69) is 5.32 Å². The SMILES string of the molecule is Cc1cc(C)c(NC(=O)Cn2c(=O)n(-c3cccc(Cl)c3)c(=O)c3c2c2cc(C)ccc2n3C)c(C)c1. The molecular weight excluding hydrogens is 488 g/mol. The molecule has 0 spiro atoms. The molecule has 0 unspecified atom stereocenters. The molecule has 0 aliphatic rings. The number of hydrogen-bond acceptors (Lipinski definition) is 3. The van der Waals surface area contributed by atoms with E-state index in [0.29, 0.717) is 21.7 Å². The minimum Gasteiger partial charge on any atom is -0.338 e. The number of carbonyl (C=O) groups is 1. The second-order valence-corrected chi connectivity index (χ2v) is 10.0. The Bertz CT molecular complexity index is 1840. The van der Waals surface area contributed by atoms with E-state index in [4.69, 9.17) is 11.6 Å². The summed E-state index contributed by atoms with van der Waals surface area (Å²) in [5, 5.41) is 4.11. The molecule has 5 aromatic rings. The molecule has 2 heterocycles. The predicted molar refractivity (Wildman–Crippen MR) is 149 cm³/mol. The van der Waals surface area contributed by atoms with Crippen molar-refractivity contribution in [2.45, 2.75) is 34.2 Å². The van der Waals surface area contributed by atoms with Gasteiger partial charge < -0.3 is 9.88 Å². The second-order valence-electron chi connectivity index (χ2n) is 9.59. The number of carbonyl (C=O) groups excluding carboxylic acids is 1. The molecule has 1 N–H and O–H groups in total. The van der Waals surface area contributed by atoms with E-state index in [1.54, 1.807) is 35.9 Å². The number of halogens is 1. The minimum absolute atomic E-state index is 0.268. The summed E-state index contributed by atoms with van der Waals surface area (Å²) in [6, 6.07) is 16.4. The Kier molecular flexibility index (Phi) is 6.04. The first-order valence-electron chi connectivity index (χ1n) is 11.9. The van der Waals surface area contributed by atoms with Gasteiger partial charge in [0.15, 0.2) is 0 Å². The summed E-state index contributed by atoms with van der Waals surface area (Å²) in [7, 11) is 1.79. The fraction of sp³-hybridized carbons (Fsp3) is 0.207. The van der Waals surface area contributed by atoms with Crippen LogP contribution in [0, 0.1) is 27.7 Å². The van der Waals surface area contributed by atoms with Gasteiger partial charge in [-0.3, -0.25) is 14.2 Å². The van der Waals surface area contributed by atoms with Crippen LogP contribution < -0.4 is 16.6 Å². The maximum absolute atomic E-state index is 13.9. The number of anilines is 1. The molecule has 188 valence electrons. The van der Waals surface area contributed by atoms with Gasteiger partial charge >= 0.3 is 5.69 Å². The summed E-state index contributed by atoms with van der Waals surface area (Å²) < 4.78 is 4.23. The Balaban J connectivity index is 1.77. The lowest BCUT2D eigenvalue weighted by Crippen LogP contribution is -2.41. The minimum atomic E-state index is -0.610. The highest BCUT2D eigenvalue weighted by Crippen LogP contribution is 2.27. The number of rotatable bonds is 4. The van der Waals surface area contributed by atoms with Crippen LogP contribution in [0.25, 0.3) is 27.6 Å². The van der Waals surface area contributed by atoms with Gasteiger partial charge in [0.2, 0.25) is 5.91 Å². The molecule has 2 aromatic heterocycles. The lowest BCUT2D eigenvalue weighted by Gasteiger charge is -2.16. The van der Waals surface area contributed by atoms with Crippen molar-refractivity contribution in [1.29, 1.82) is 0 Å². The first kappa shape index (κ1) is 24.6. The van der Waals surface area contributed by atoms with Crippen LogP contribution in [0.4, 0.5) is 5.69 Å². The third-order valence-corrected chi connectivity index (χ3v) is 6.97. The van der Waals surface area contributed by atoms with Gasteiger partial charge in [-0.05, 0) is 69.2 Å². The van der Waals surface area contributed by atoms with Gasteiger partial charge in [-0.25, -0.2) is 9.36 Å². The van der Waals surface area contributed by atoms with Gasteiger partial charge in [-0.15, -0.1) is 0 Å². The average Bonchev–Trinajstić information content (AvgIpc) is 3.11. The third-order valence-electron chi connectivity index (χ3n) is 6.74. The largest absolute Gasteiger partial charge is 0.338 e. The number of nitrogens with one attached hydrogen (secondary N) is 1. The van der Waals surface area contributed by atoms with E-state index in [1.807, 2.05) is 58.0 Å². The molecule has 0 saturated heterocycles. The maximum atomic E-state index is 13.9. The fourth-order valence-electron chi connectivity index (χ4n) is 5.16. The second kappa shape index (κ2) is 9.09. The summed E-state index contributed by atoms with van der Waals surface area (Å²) in [6.07, 6.45) is 0. The fourth-order valence-corrected chi connectivity index (χ4v) is 5.34. The zero-order chi connectivity index (χ0) is 26.6. The Morgan fingerprint density at radius 2 is 1.59 bits per heavy atom. The van der Waals surface area contributed by atoms with Crippen molar-refractivity contribution in [2.24, 2.45) is 7.05 Å². The number of hydrogen-bond donors (Lipinski definition) is 1. The third kappa shape index (κ3) is 4.15. The summed E-state index contributed by atoms with van der Waals surface area (Å²) in [5.74, 6) is -0.362. The van der Waals surface area contributed by atoms with Crippen molar-refractivity contribution in [1.82, 2.24) is 13.7 Å². The molecule has 3 aromatic carbocycles. The van der Waals surface area contributed by atoms with Crippen molar-refractivity contribution in [3.8, 4) is 5.69 Å². The molecule has 0 atom stereocenters. The topological polar surface area (TPSA) is 78.0 Å². The molecule has 8 heteroatoms. The number of nitrogens with zero attached hydrogens (tertiary/aromatic N) is 3. The van der Waals surface area contributed by atoms with E-state index in [-0.39, 0.29) is 12.5 Å². The highest BCUT2D eigenvalue weighted by Gasteiger charge is 2.23. The molecular formula is C29H27ClN4O3. The van der Waals surface area contributed by atoms with E-state index in [0.717, 1.165) is 43.4 Å². The highest BCUT2D eigenvalue weighted by atomic mass is 35.5. The smallest absolute Gasteiger partial charge is 0.336 e. The van der Waals surface area contributed by atoms with Gasteiger partial charge in [-0.2, -0.15) is 0 Å². The number of benzene rings is 3. The highest BCUT2D eigenvalue weighted by molar-refractivity contribution is 6.30. The Hall–Kier alpha value is -4.10. The van der Waals surface area contributed by atoms with Crippen LogP contribution in [0.5, 0.6) is 0 Å². The summed E-state index contributed by atoms with van der Waals surface area (Å²) in [4.78, 5) is 41.1. The molecule has 7 nitrogen and oxygen atoms in total. The average molecular weight is 515 g/mol. The first-order valence-corrected chi connectivity index (χ1v) is 12.3. The summed E-state index contributed by atoms with van der Waals surface area (Å²) in [6.45, 7) is 7.56. The van der Waals surface area contributed by atoms with Crippen molar-refractivity contribution < 1.29 is 4.79 Å². The molecule has 0 fully saturated rings. The number of fused-ring (bicyclic) bond motifs is 3. The zero-order valence-corrected chi connectivity index (χ0v) is 22.1. The lowest BCUT2D eigenvalue weighted by molar-refractivity contribution is -0.116. The molecule has 0 radical (unpaired) electrons. The van der Waals surface area contributed by atoms with Crippen molar-refractivity contribution in [3.05, 3.63) is 103 Å². The van der Waals surface area contributed by atoms with Crippen molar-refractivity contribution in [3.63, 3.8) is 0 Å². The van der Waals surface area contributed by atoms with E-state index in [9.17, 15) is 14.4 Å². The van der Waals surface area contributed by atoms with Gasteiger partial charge in [0, 0.05) is 23.1 Å². The van der Waals surface area contributed by atoms with Crippen molar-refractivity contribution >= 4 is 45.1 Å². The molecule has 37 heavy (non-hydrogen) atoms. The Labute approximate surface area is 218 Å². The normalized spacial score (nSPS) is 11.4. The molecule has 5 rings (SSSR count). The van der Waals surface area contributed by atoms with Crippen LogP contribution >= 0.6 is 11.6 Å². The molecule has 0 aliphatic heterocycles. The van der Waals surface area contributed by atoms with Crippen LogP contribution in [-0.2, 0) is 18.4 Å². The van der Waals surface area contributed by atoms with Crippen LogP contribution in [0.15, 0.2) is 64.2 Å². The van der Waals surface area contributed by atoms with E-state index < -0.39 is 11.2 Å². The summed E-state index contributed by atoms with van der Waals surface area (Å²) in [5.41, 5.74) is 5.49. The first-order chi connectivity index (χ1) is 17.6. The van der Waals surface area contributed by atoms with E-state index >= 15 is 0 Å². The lowest BCUT2D eigenvalue weighted by atomic mass is 10.1. The van der Waals surface area contributed by atoms with Crippen LogP contribution in [0.1, 0.15) is 22.3 Å². The summed E-state index contributed by atoms with van der Waals surface area (Å²) >= 11 is 6.19. The van der Waals surface area contributed by atoms with Crippen molar-refractivity contribution in [2.75, 3.05) is 5.32 Å². The van der Waals surface area contributed by atoms with Crippen LogP contribution in [0.3, 0.4) is 0 Å². The maximum Gasteiger partial charge on any atom is 0.336 e. The van der Waals surface area contributed by atoms with Gasteiger partial charge in [0.05, 0.1) is 16.7 Å². The zero-order valence-electron chi connectivity index (χ0n) is 21.3. The monoisotopic (exact) mass is 514 g/mol. The standard InChI is InChI=1S/C29H27ClN4O3/c1-16-9-10-23-22(13-16)26-27(32(23)5)28(36)34(21-8-6-7-20(30)14-21)29(37)33(26)15-24(35)31-25-18(3)11-17(2)12-19(25)4/h6-14H,15H2,1-5H3,(H,31,35).